The summed E-state index contributed by atoms with van der Waals surface area (Å²) in [5.74, 6) is 0.793. The first-order chi connectivity index (χ1) is 9.04. The van der Waals surface area contributed by atoms with Crippen LogP contribution in [0.4, 0.5) is 0 Å². The molecule has 2 rings (SSSR count). The minimum atomic E-state index is -0.535. The molecule has 1 saturated carbocycles. The van der Waals surface area contributed by atoms with Crippen molar-refractivity contribution < 1.29 is 14.3 Å². The van der Waals surface area contributed by atoms with Gasteiger partial charge in [0.1, 0.15) is 5.75 Å². The van der Waals surface area contributed by atoms with E-state index in [0.29, 0.717) is 0 Å². The summed E-state index contributed by atoms with van der Waals surface area (Å²) in [6.07, 6.45) is 2.74. The highest BCUT2D eigenvalue weighted by molar-refractivity contribution is 5.88. The zero-order valence-electron chi connectivity index (χ0n) is 11.7. The Balaban J connectivity index is 2.25. The largest absolute Gasteiger partial charge is 0.491 e. The summed E-state index contributed by atoms with van der Waals surface area (Å²) in [6, 6.07) is 7.69. The van der Waals surface area contributed by atoms with Crippen molar-refractivity contribution >= 4 is 5.97 Å². The van der Waals surface area contributed by atoms with Crippen molar-refractivity contribution in [3.05, 3.63) is 42.5 Å². The molecule has 3 nitrogen and oxygen atoms in total. The smallest absolute Gasteiger partial charge is 0.316 e. The number of hydrogen-bond donors (Lipinski definition) is 0. The molecule has 3 heteroatoms. The fourth-order valence-electron chi connectivity index (χ4n) is 2.54. The molecule has 0 unspecified atom stereocenters. The van der Waals surface area contributed by atoms with Crippen LogP contribution in [-0.4, -0.2) is 19.2 Å². The molecular formula is C16H20O3. The predicted octanol–water partition coefficient (Wildman–Crippen LogP) is 3.09. The van der Waals surface area contributed by atoms with Crippen LogP contribution in [0.25, 0.3) is 0 Å². The van der Waals surface area contributed by atoms with E-state index in [9.17, 15) is 4.79 Å². The molecule has 1 fully saturated rings. The van der Waals surface area contributed by atoms with Crippen molar-refractivity contribution in [2.24, 2.45) is 5.92 Å². The van der Waals surface area contributed by atoms with E-state index in [4.69, 9.17) is 9.47 Å². The number of ether oxygens (including phenoxy) is 2. The molecule has 102 valence electrons. The normalized spacial score (nSPS) is 24.9. The van der Waals surface area contributed by atoms with E-state index in [1.807, 2.05) is 44.2 Å². The molecule has 1 aliphatic rings. The van der Waals surface area contributed by atoms with Crippen LogP contribution in [0.15, 0.2) is 36.9 Å². The van der Waals surface area contributed by atoms with Crippen molar-refractivity contribution in [1.82, 2.24) is 0 Å². The molecule has 1 aliphatic carbocycles. The third-order valence-corrected chi connectivity index (χ3v) is 3.59. The van der Waals surface area contributed by atoms with Crippen LogP contribution >= 0.6 is 0 Å². The van der Waals surface area contributed by atoms with E-state index >= 15 is 0 Å². The fourth-order valence-corrected chi connectivity index (χ4v) is 2.54. The van der Waals surface area contributed by atoms with Gasteiger partial charge in [-0.15, -0.1) is 6.58 Å². The molecule has 0 radical (unpaired) electrons. The van der Waals surface area contributed by atoms with Crippen LogP contribution < -0.4 is 4.74 Å². The van der Waals surface area contributed by atoms with Gasteiger partial charge in [0, 0.05) is 0 Å². The van der Waals surface area contributed by atoms with Crippen LogP contribution in [0.3, 0.4) is 0 Å². The lowest BCUT2D eigenvalue weighted by Gasteiger charge is -2.16. The number of carbonyl (C=O) groups is 1. The number of carbonyl (C=O) groups excluding carboxylic acids is 1. The number of hydrogen-bond acceptors (Lipinski definition) is 3. The average molecular weight is 260 g/mol. The lowest BCUT2D eigenvalue weighted by molar-refractivity contribution is -0.144. The van der Waals surface area contributed by atoms with Crippen LogP contribution in [0.5, 0.6) is 5.75 Å². The maximum absolute atomic E-state index is 12.0. The summed E-state index contributed by atoms with van der Waals surface area (Å²) < 4.78 is 10.5. The van der Waals surface area contributed by atoms with E-state index in [1.54, 1.807) is 0 Å². The van der Waals surface area contributed by atoms with Crippen molar-refractivity contribution in [2.75, 3.05) is 7.11 Å². The van der Waals surface area contributed by atoms with Crippen molar-refractivity contribution in [1.29, 1.82) is 0 Å². The van der Waals surface area contributed by atoms with Crippen molar-refractivity contribution in [2.45, 2.75) is 31.8 Å². The molecule has 0 aliphatic heterocycles. The molecule has 0 spiro atoms. The Labute approximate surface area is 114 Å². The first-order valence-electron chi connectivity index (χ1n) is 6.52. The molecule has 0 N–H and O–H groups in total. The SMILES string of the molecule is C=C[C@H]1C[C@]1(C(=O)OC)c1ccc(OC(C)C)cc1. The zero-order chi connectivity index (χ0) is 14.0. The highest BCUT2D eigenvalue weighted by Gasteiger charge is 2.60. The summed E-state index contributed by atoms with van der Waals surface area (Å²) >= 11 is 0. The second-order valence-electron chi connectivity index (χ2n) is 5.20. The van der Waals surface area contributed by atoms with Crippen LogP contribution in [0.1, 0.15) is 25.8 Å². The molecule has 2 atom stereocenters. The number of esters is 1. The van der Waals surface area contributed by atoms with E-state index in [-0.39, 0.29) is 18.0 Å². The first kappa shape index (κ1) is 13.7. The second-order valence-corrected chi connectivity index (χ2v) is 5.20. The highest BCUT2D eigenvalue weighted by Crippen LogP contribution is 2.55. The topological polar surface area (TPSA) is 35.5 Å². The Kier molecular flexibility index (Phi) is 3.65. The standard InChI is InChI=1S/C16H20O3/c1-5-12-10-16(12,15(17)18-4)13-6-8-14(9-7-13)19-11(2)3/h5-9,11-12H,1,10H2,2-4H3/t12-,16+/m0/s1. The number of rotatable bonds is 5. The highest BCUT2D eigenvalue weighted by atomic mass is 16.5. The Morgan fingerprint density at radius 3 is 2.47 bits per heavy atom. The fraction of sp³-hybridized carbons (Fsp3) is 0.438. The minimum Gasteiger partial charge on any atom is -0.491 e. The Morgan fingerprint density at radius 2 is 2.05 bits per heavy atom. The first-order valence-corrected chi connectivity index (χ1v) is 6.52. The van der Waals surface area contributed by atoms with Crippen LogP contribution in [0, 0.1) is 5.92 Å². The molecule has 0 bridgehead atoms. The Hall–Kier alpha value is -1.77. The Bertz CT molecular complexity index is 475. The van der Waals surface area contributed by atoms with Gasteiger partial charge >= 0.3 is 5.97 Å². The summed E-state index contributed by atoms with van der Waals surface area (Å²) in [7, 11) is 1.43. The molecule has 0 aromatic heterocycles. The summed E-state index contributed by atoms with van der Waals surface area (Å²) in [4.78, 5) is 12.0. The van der Waals surface area contributed by atoms with Gasteiger partial charge in [0.2, 0.25) is 0 Å². The molecule has 0 heterocycles. The van der Waals surface area contributed by atoms with E-state index in [0.717, 1.165) is 17.7 Å². The second kappa shape index (κ2) is 5.08. The maximum Gasteiger partial charge on any atom is 0.316 e. The van der Waals surface area contributed by atoms with Gasteiger partial charge in [0.05, 0.1) is 18.6 Å². The molecule has 1 aromatic carbocycles. The van der Waals surface area contributed by atoms with Gasteiger partial charge < -0.3 is 9.47 Å². The zero-order valence-corrected chi connectivity index (χ0v) is 11.7. The number of benzene rings is 1. The number of methoxy groups -OCH3 is 1. The van der Waals surface area contributed by atoms with Gasteiger partial charge in [-0.3, -0.25) is 4.79 Å². The van der Waals surface area contributed by atoms with Gasteiger partial charge in [-0.25, -0.2) is 0 Å². The lowest BCUT2D eigenvalue weighted by atomic mass is 9.93. The van der Waals surface area contributed by atoms with Gasteiger partial charge in [-0.2, -0.15) is 0 Å². The molecule has 0 saturated heterocycles. The van der Waals surface area contributed by atoms with Gasteiger partial charge in [-0.1, -0.05) is 18.2 Å². The molecular weight excluding hydrogens is 240 g/mol. The molecule has 19 heavy (non-hydrogen) atoms. The van der Waals surface area contributed by atoms with Gasteiger partial charge in [-0.05, 0) is 43.9 Å². The predicted molar refractivity (Wildman–Crippen MR) is 74.2 cm³/mol. The molecule has 1 aromatic rings. The van der Waals surface area contributed by atoms with Crippen molar-refractivity contribution in [3.8, 4) is 5.75 Å². The van der Waals surface area contributed by atoms with Gasteiger partial charge in [0.15, 0.2) is 0 Å². The van der Waals surface area contributed by atoms with E-state index < -0.39 is 5.41 Å². The van der Waals surface area contributed by atoms with Crippen LogP contribution in [0.2, 0.25) is 0 Å². The lowest BCUT2D eigenvalue weighted by Crippen LogP contribution is -2.24. The van der Waals surface area contributed by atoms with Crippen molar-refractivity contribution in [3.63, 3.8) is 0 Å². The summed E-state index contributed by atoms with van der Waals surface area (Å²) in [5.41, 5.74) is 0.438. The Morgan fingerprint density at radius 1 is 1.42 bits per heavy atom. The maximum atomic E-state index is 12.0. The third kappa shape index (κ3) is 2.37. The van der Waals surface area contributed by atoms with E-state index in [2.05, 4.69) is 6.58 Å². The monoisotopic (exact) mass is 260 g/mol. The summed E-state index contributed by atoms with van der Waals surface area (Å²) in [6.45, 7) is 7.75. The van der Waals surface area contributed by atoms with Gasteiger partial charge in [0.25, 0.3) is 0 Å². The quantitative estimate of drug-likeness (QED) is 0.603. The van der Waals surface area contributed by atoms with Crippen LogP contribution in [-0.2, 0) is 14.9 Å². The third-order valence-electron chi connectivity index (χ3n) is 3.59. The molecule has 0 amide bonds. The minimum absolute atomic E-state index is 0.141. The summed E-state index contributed by atoms with van der Waals surface area (Å²) in [5, 5.41) is 0. The average Bonchev–Trinajstić information content (AvgIpc) is 3.13. The van der Waals surface area contributed by atoms with E-state index in [1.165, 1.54) is 7.11 Å². The number of allylic oxidation sites excluding steroid dienone is 1.